The monoisotopic (exact) mass is 658 g/mol. The second kappa shape index (κ2) is 13.9. The van der Waals surface area contributed by atoms with Crippen molar-refractivity contribution < 1.29 is 29.6 Å². The number of halogens is 1. The number of benzene rings is 1. The van der Waals surface area contributed by atoms with E-state index in [1.54, 1.807) is 38.8 Å². The predicted molar refractivity (Wildman–Crippen MR) is 163 cm³/mol. The van der Waals surface area contributed by atoms with E-state index in [-0.39, 0.29) is 18.6 Å². The molecule has 3 aromatic rings. The van der Waals surface area contributed by atoms with E-state index in [4.69, 9.17) is 9.47 Å². The summed E-state index contributed by atoms with van der Waals surface area (Å²) in [7, 11) is 1.58. The third-order valence-electron chi connectivity index (χ3n) is 7.99. The van der Waals surface area contributed by atoms with E-state index in [1.807, 2.05) is 43.9 Å². The van der Waals surface area contributed by atoms with Gasteiger partial charge in [0.05, 0.1) is 32.9 Å². The van der Waals surface area contributed by atoms with Crippen molar-refractivity contribution in [2.24, 2.45) is 5.41 Å². The van der Waals surface area contributed by atoms with Crippen LogP contribution in [0.5, 0.6) is 11.5 Å². The van der Waals surface area contributed by atoms with Gasteiger partial charge in [0.15, 0.2) is 22.3 Å². The van der Waals surface area contributed by atoms with Crippen LogP contribution in [0.15, 0.2) is 47.7 Å². The highest BCUT2D eigenvalue weighted by molar-refractivity contribution is 9.10. The highest BCUT2D eigenvalue weighted by atomic mass is 79.9. The van der Waals surface area contributed by atoms with Gasteiger partial charge in [-0.25, -0.2) is 19.9 Å². The number of aliphatic hydroxyl groups is 3. The van der Waals surface area contributed by atoms with Crippen LogP contribution in [-0.2, 0) is 4.79 Å². The topological polar surface area (TPSA) is 154 Å². The van der Waals surface area contributed by atoms with Gasteiger partial charge in [0.1, 0.15) is 6.10 Å². The van der Waals surface area contributed by atoms with Gasteiger partial charge in [0.2, 0.25) is 5.95 Å². The van der Waals surface area contributed by atoms with Crippen LogP contribution >= 0.6 is 15.9 Å². The van der Waals surface area contributed by atoms with Gasteiger partial charge >= 0.3 is 0 Å². The maximum atomic E-state index is 12.6. The lowest BCUT2D eigenvalue weighted by atomic mass is 9.72. The molecule has 4 heterocycles. The number of methoxy groups -OCH3 is 1. The first kappa shape index (κ1) is 32.5. The largest absolute Gasteiger partial charge is 0.493 e. The molecule has 0 radical (unpaired) electrons. The first-order valence-electron chi connectivity index (χ1n) is 14.0. The Bertz CT molecular complexity index is 1350. The summed E-state index contributed by atoms with van der Waals surface area (Å²) in [6, 6.07) is 5.66. The minimum absolute atomic E-state index is 0.0615. The molecular weight excluding hydrogens is 620 g/mol. The summed E-state index contributed by atoms with van der Waals surface area (Å²) in [6.45, 7) is 8.76. The van der Waals surface area contributed by atoms with Crippen LogP contribution < -0.4 is 14.4 Å². The number of nitrogens with zero attached hydrogens (tertiary/aromatic N) is 6. The van der Waals surface area contributed by atoms with Crippen molar-refractivity contribution in [1.29, 1.82) is 0 Å². The number of aliphatic hydroxyl groups excluding tert-OH is 3. The molecule has 1 amide bonds. The van der Waals surface area contributed by atoms with Crippen LogP contribution in [-0.4, -0.2) is 104 Å². The summed E-state index contributed by atoms with van der Waals surface area (Å²) in [4.78, 5) is 32.6. The molecular formula is C30H39BrN6O6. The Morgan fingerprint density at radius 3 is 2.19 bits per heavy atom. The third kappa shape index (κ3) is 7.58. The van der Waals surface area contributed by atoms with Gasteiger partial charge in [-0.3, -0.25) is 4.79 Å². The number of carbonyl (C=O) groups is 1. The van der Waals surface area contributed by atoms with Gasteiger partial charge in [-0.2, -0.15) is 0 Å². The first-order chi connectivity index (χ1) is 20.4. The summed E-state index contributed by atoms with van der Waals surface area (Å²) in [6.07, 6.45) is 4.86. The molecule has 12 nitrogen and oxygen atoms in total. The lowest BCUT2D eigenvalue weighted by Gasteiger charge is -2.39. The van der Waals surface area contributed by atoms with Crippen molar-refractivity contribution in [1.82, 2.24) is 24.8 Å². The molecule has 13 heteroatoms. The number of anilines is 1. The minimum Gasteiger partial charge on any atom is -0.493 e. The summed E-state index contributed by atoms with van der Waals surface area (Å²) >= 11 is 3.12. The van der Waals surface area contributed by atoms with Crippen molar-refractivity contribution in [3.63, 3.8) is 0 Å². The quantitative estimate of drug-likeness (QED) is 0.305. The first-order valence-corrected chi connectivity index (χ1v) is 14.8. The van der Waals surface area contributed by atoms with Gasteiger partial charge in [-0.05, 0) is 65.5 Å². The molecule has 232 valence electrons. The van der Waals surface area contributed by atoms with Gasteiger partial charge in [-0.15, -0.1) is 0 Å². The van der Waals surface area contributed by atoms with Crippen molar-refractivity contribution >= 4 is 27.8 Å². The van der Waals surface area contributed by atoms with Gasteiger partial charge < -0.3 is 34.6 Å². The summed E-state index contributed by atoms with van der Waals surface area (Å²) in [5.74, 6) is 1.11. The second-order valence-corrected chi connectivity index (χ2v) is 12.0. The Hall–Kier alpha value is -3.39. The molecule has 0 spiro atoms. The predicted octanol–water partition coefficient (Wildman–Crippen LogP) is 2.27. The van der Waals surface area contributed by atoms with Crippen LogP contribution in [0, 0.1) is 19.3 Å². The molecule has 1 aromatic carbocycles. The number of aryl methyl sites for hydroxylation is 2. The SMILES string of the molecule is COc1ccc([C@@H]2CN(C(=O)[C@@H](O)CO)C[C@@]2(C)[C@@H](C)O)cc1OC1CN(c2ncc(C)cn2)C1.Cc1cnc(Br)nc1. The maximum absolute atomic E-state index is 12.6. The molecule has 2 aliphatic heterocycles. The van der Waals surface area contributed by atoms with E-state index in [0.29, 0.717) is 41.8 Å². The Kier molecular flexibility index (Phi) is 10.5. The van der Waals surface area contributed by atoms with E-state index in [9.17, 15) is 20.1 Å². The Balaban J connectivity index is 0.000000458. The molecule has 0 unspecified atom stereocenters. The average Bonchev–Trinajstić information content (AvgIpc) is 3.35. The van der Waals surface area contributed by atoms with Crippen molar-refractivity contribution in [2.45, 2.75) is 51.9 Å². The third-order valence-corrected chi connectivity index (χ3v) is 8.40. The molecule has 0 bridgehead atoms. The molecule has 5 rings (SSSR count). The highest BCUT2D eigenvalue weighted by Crippen LogP contribution is 2.47. The smallest absolute Gasteiger partial charge is 0.253 e. The Morgan fingerprint density at radius 2 is 1.65 bits per heavy atom. The number of amides is 1. The molecule has 4 atom stereocenters. The molecule has 2 saturated heterocycles. The zero-order chi connectivity index (χ0) is 31.3. The summed E-state index contributed by atoms with van der Waals surface area (Å²) in [5.41, 5.74) is 2.34. The van der Waals surface area contributed by atoms with Gasteiger partial charge in [0, 0.05) is 49.2 Å². The normalized spacial score (nSPS) is 21.4. The van der Waals surface area contributed by atoms with E-state index in [0.717, 1.165) is 16.7 Å². The number of ether oxygens (including phenoxy) is 2. The molecule has 0 saturated carbocycles. The number of likely N-dealkylation sites (tertiary alicyclic amines) is 1. The number of hydrogen-bond donors (Lipinski definition) is 3. The average molecular weight is 660 g/mol. The zero-order valence-electron chi connectivity index (χ0n) is 25.0. The standard InChI is InChI=1S/C25H34N4O6.C5H5BrN2/c1-15-8-26-24(27-9-15)28-10-18(11-28)35-22-7-17(5-6-21(22)34-4)19-12-29(23(33)20(32)13-30)14-25(19,3)16(2)31;1-4-2-7-5(6)8-3-4/h5-9,16,18-20,30-32H,10-14H2,1-4H3;2-3H,1H3/t16-,19+,20+,25+;/m1./s1. The van der Waals surface area contributed by atoms with E-state index < -0.39 is 30.1 Å². The highest BCUT2D eigenvalue weighted by Gasteiger charge is 2.49. The minimum atomic E-state index is -1.47. The number of carbonyl (C=O) groups excluding carboxylic acids is 1. The number of aromatic nitrogens is 4. The van der Waals surface area contributed by atoms with E-state index in [1.165, 1.54) is 4.90 Å². The molecule has 2 aromatic heterocycles. The maximum Gasteiger partial charge on any atom is 0.253 e. The van der Waals surface area contributed by atoms with Crippen molar-refractivity contribution in [3.05, 3.63) is 64.4 Å². The van der Waals surface area contributed by atoms with Crippen LogP contribution in [0.2, 0.25) is 0 Å². The molecule has 2 fully saturated rings. The van der Waals surface area contributed by atoms with Crippen LogP contribution in [0.4, 0.5) is 5.95 Å². The van der Waals surface area contributed by atoms with Crippen molar-refractivity contribution in [3.8, 4) is 11.5 Å². The summed E-state index contributed by atoms with van der Waals surface area (Å²) < 4.78 is 12.4. The fraction of sp³-hybridized carbons (Fsp3) is 0.500. The molecule has 0 aliphatic carbocycles. The van der Waals surface area contributed by atoms with Crippen molar-refractivity contribution in [2.75, 3.05) is 44.8 Å². The molecule has 3 N–H and O–H groups in total. The van der Waals surface area contributed by atoms with Crippen LogP contribution in [0.25, 0.3) is 0 Å². The lowest BCUT2D eigenvalue weighted by molar-refractivity contribution is -0.141. The molecule has 2 aliphatic rings. The van der Waals surface area contributed by atoms with Gasteiger partial charge in [-0.1, -0.05) is 13.0 Å². The Labute approximate surface area is 259 Å². The summed E-state index contributed by atoms with van der Waals surface area (Å²) in [5, 5.41) is 29.7. The van der Waals surface area contributed by atoms with E-state index in [2.05, 4.69) is 35.9 Å². The number of hydrogen-bond acceptors (Lipinski definition) is 11. The van der Waals surface area contributed by atoms with Crippen LogP contribution in [0.1, 0.15) is 36.5 Å². The second-order valence-electron chi connectivity index (χ2n) is 11.3. The zero-order valence-corrected chi connectivity index (χ0v) is 26.6. The number of rotatable bonds is 8. The van der Waals surface area contributed by atoms with E-state index >= 15 is 0 Å². The van der Waals surface area contributed by atoms with Crippen LogP contribution in [0.3, 0.4) is 0 Å². The fourth-order valence-corrected chi connectivity index (χ4v) is 5.37. The fourth-order valence-electron chi connectivity index (χ4n) is 5.16. The molecule has 43 heavy (non-hydrogen) atoms. The lowest BCUT2D eigenvalue weighted by Crippen LogP contribution is -2.54. The Morgan fingerprint density at radius 1 is 1.05 bits per heavy atom. The van der Waals surface area contributed by atoms with Gasteiger partial charge in [0.25, 0.3) is 5.91 Å².